The Labute approximate surface area is 634 Å². The van der Waals surface area contributed by atoms with Crippen LogP contribution in [0.25, 0.3) is 33.8 Å². The van der Waals surface area contributed by atoms with Gasteiger partial charge in [-0.3, -0.25) is 33.7 Å². The van der Waals surface area contributed by atoms with Gasteiger partial charge in [-0.2, -0.15) is 20.4 Å². The van der Waals surface area contributed by atoms with Crippen molar-refractivity contribution in [2.24, 2.45) is 0 Å². The maximum Gasteiger partial charge on any atom is 0.498 e. The molecule has 108 heavy (non-hydrogen) atoms. The quantitative estimate of drug-likeness (QED) is 0.0625. The third kappa shape index (κ3) is 21.0. The van der Waals surface area contributed by atoms with Crippen molar-refractivity contribution in [1.29, 1.82) is 0 Å². The number of anilines is 2. The zero-order chi connectivity index (χ0) is 78.0. The molecule has 0 aliphatic carbocycles. The number of nitrogens with zero attached hydrogens (tertiary/aromatic N) is 15. The number of nitrogens with two attached hydrogens (primary N) is 1. The van der Waals surface area contributed by atoms with E-state index in [0.29, 0.717) is 86.8 Å². The van der Waals surface area contributed by atoms with Crippen LogP contribution in [0.15, 0.2) is 135 Å². The second kappa shape index (κ2) is 34.4. The first-order chi connectivity index (χ1) is 51.1. The van der Waals surface area contributed by atoms with Gasteiger partial charge in [0.2, 0.25) is 0 Å². The van der Waals surface area contributed by atoms with E-state index < -0.39 is 47.0 Å². The molecule has 4 amide bonds. The zero-order valence-electron chi connectivity index (χ0n) is 60.8. The van der Waals surface area contributed by atoms with Crippen molar-refractivity contribution in [3.05, 3.63) is 207 Å². The normalized spacial score (nSPS) is 15.2. The molecular formula is C73H80BCl3F6N18O7. The number of fused-ring (bicyclic) bond motifs is 4. The van der Waals surface area contributed by atoms with E-state index in [9.17, 15) is 40.7 Å². The third-order valence-electron chi connectivity index (χ3n) is 17.3. The number of carbonyl (C=O) groups excluding carboxylic acids is 3. The standard InChI is InChI=1S/C18H14ClF2N5O.C17H28BN3O4.C16H19FN4O2.C11H11FN4.C6H5ClFN.C5H3ClFN/c19-14-7-12(2-3-15(14)21)24-18(27)25-5-6-26-17(10-25)13(9-23-26)16-4-1-11(20)8-22-16;1-15(2,3)23-14(22)20-8-9-21-13(11-20)12(10-19-21)18-24-16(4,5)17(6,7)25-18;1-16(2,3)23-15(22)20-6-7-21-14(10-20)12(9-19-21)13-5-4-11(17)8-18-13;12-8-1-2-10(14-5-8)9-6-15-16-4-3-13-7-11(9)16;7-5-3-4(9)1-2-6(5)8;6-5-2-1-4(7)3-8-5/h1-4,7-9H,5-6,10H2,(H,24,27);10H,8-9,11H2,1-7H3;4-5,8-9H,6-7,10H2,1-3H3;1-2,5-6,13H,3-4,7H2;1-3H,9H2;1-3H. The van der Waals surface area contributed by atoms with Crippen molar-refractivity contribution in [3.8, 4) is 33.8 Å². The Morgan fingerprint density at radius 1 is 0.500 bits per heavy atom. The number of hydrogen-bond acceptors (Lipinski definition) is 17. The molecule has 15 rings (SSSR count). The van der Waals surface area contributed by atoms with Gasteiger partial charge in [0.15, 0.2) is 0 Å². The summed E-state index contributed by atoms with van der Waals surface area (Å²) in [6.45, 7) is 26.3. The van der Waals surface area contributed by atoms with Gasteiger partial charge >= 0.3 is 25.3 Å². The van der Waals surface area contributed by atoms with E-state index in [1.165, 1.54) is 79.1 Å². The number of nitrogens with one attached hydrogen (secondary N) is 2. The highest BCUT2D eigenvalue weighted by Gasteiger charge is 2.53. The minimum absolute atomic E-state index is 0.0609. The van der Waals surface area contributed by atoms with Gasteiger partial charge in [-0.1, -0.05) is 34.8 Å². The molecule has 13 heterocycles. The molecule has 10 aromatic rings. The molecule has 0 spiro atoms. The number of benzene rings is 2. The van der Waals surface area contributed by atoms with Crippen molar-refractivity contribution < 1.29 is 59.5 Å². The molecule has 4 N–H and O–H groups in total. The van der Waals surface area contributed by atoms with Crippen molar-refractivity contribution in [2.75, 3.05) is 37.2 Å². The van der Waals surface area contributed by atoms with Crippen LogP contribution in [0.2, 0.25) is 15.2 Å². The summed E-state index contributed by atoms with van der Waals surface area (Å²) in [5.74, 6) is -2.47. The summed E-state index contributed by atoms with van der Waals surface area (Å²) in [7, 11) is -0.479. The lowest BCUT2D eigenvalue weighted by Crippen LogP contribution is -2.45. The van der Waals surface area contributed by atoms with Crippen molar-refractivity contribution in [1.82, 2.24) is 79.1 Å². The van der Waals surface area contributed by atoms with Crippen LogP contribution >= 0.6 is 34.8 Å². The van der Waals surface area contributed by atoms with E-state index in [4.69, 9.17) is 59.3 Å². The molecule has 1 fully saturated rings. The lowest BCUT2D eigenvalue weighted by Gasteiger charge is -2.32. The molecule has 8 aromatic heterocycles. The average molecular weight is 1550 g/mol. The predicted molar refractivity (Wildman–Crippen MR) is 395 cm³/mol. The molecule has 0 saturated carbocycles. The Hall–Kier alpha value is -10.1. The highest BCUT2D eigenvalue weighted by atomic mass is 35.5. The number of urea groups is 1. The summed E-state index contributed by atoms with van der Waals surface area (Å²) < 4.78 is 107. The van der Waals surface area contributed by atoms with E-state index >= 15 is 0 Å². The number of aromatic nitrogens is 12. The molecule has 0 bridgehead atoms. The van der Waals surface area contributed by atoms with E-state index in [2.05, 4.69) is 51.0 Å². The molecule has 25 nitrogen and oxygen atoms in total. The van der Waals surface area contributed by atoms with Crippen molar-refractivity contribution in [3.63, 3.8) is 0 Å². The lowest BCUT2D eigenvalue weighted by atomic mass is 9.79. The van der Waals surface area contributed by atoms with Crippen LogP contribution < -0.4 is 21.8 Å². The largest absolute Gasteiger partial charge is 0.498 e. The van der Waals surface area contributed by atoms with Gasteiger partial charge in [-0.15, -0.1) is 0 Å². The summed E-state index contributed by atoms with van der Waals surface area (Å²) in [6.07, 6.45) is 10.9. The Morgan fingerprint density at radius 3 is 1.33 bits per heavy atom. The number of amides is 4. The predicted octanol–water partition coefficient (Wildman–Crippen LogP) is 13.8. The van der Waals surface area contributed by atoms with Gasteiger partial charge < -0.3 is 49.8 Å². The number of ether oxygens (including phenoxy) is 2. The Balaban J connectivity index is 0.000000144. The van der Waals surface area contributed by atoms with Gasteiger partial charge in [0.05, 0.1) is 150 Å². The number of carbonyl (C=O) groups is 3. The van der Waals surface area contributed by atoms with E-state index in [0.717, 1.165) is 82.7 Å². The highest BCUT2D eigenvalue weighted by Crippen LogP contribution is 2.37. The maximum absolute atomic E-state index is 13.3. The molecule has 35 heteroatoms. The Bertz CT molecular complexity index is 4730. The molecule has 5 aliphatic heterocycles. The molecule has 0 unspecified atom stereocenters. The Morgan fingerprint density at radius 2 is 0.907 bits per heavy atom. The molecule has 5 aliphatic rings. The van der Waals surface area contributed by atoms with Crippen molar-refractivity contribution >= 4 is 77.0 Å². The van der Waals surface area contributed by atoms with Gasteiger partial charge in [0.25, 0.3) is 0 Å². The zero-order valence-corrected chi connectivity index (χ0v) is 63.1. The van der Waals surface area contributed by atoms with Gasteiger partial charge in [-0.25, -0.2) is 45.7 Å². The van der Waals surface area contributed by atoms with Crippen molar-refractivity contribution in [2.45, 2.75) is 144 Å². The molecule has 570 valence electrons. The monoisotopic (exact) mass is 1550 g/mol. The molecule has 0 atom stereocenters. The first kappa shape index (κ1) is 80.4. The fraction of sp³-hybridized carbons (Fsp3) is 0.356. The van der Waals surface area contributed by atoms with Gasteiger partial charge in [0, 0.05) is 72.4 Å². The van der Waals surface area contributed by atoms with E-state index in [-0.39, 0.29) is 45.7 Å². The topological polar surface area (TPSA) is 271 Å². The minimum Gasteiger partial charge on any atom is -0.444 e. The van der Waals surface area contributed by atoms with Crippen LogP contribution in [0.5, 0.6) is 0 Å². The van der Waals surface area contributed by atoms with Gasteiger partial charge in [0.1, 0.15) is 51.3 Å². The smallest absolute Gasteiger partial charge is 0.444 e. The van der Waals surface area contributed by atoms with Crippen LogP contribution in [-0.4, -0.2) is 148 Å². The number of rotatable bonds is 5. The number of halogens is 9. The fourth-order valence-electron chi connectivity index (χ4n) is 11.1. The summed E-state index contributed by atoms with van der Waals surface area (Å²) in [5.41, 5.74) is 13.4. The van der Waals surface area contributed by atoms with Crippen LogP contribution in [-0.2, 0) is 71.1 Å². The van der Waals surface area contributed by atoms with E-state index in [1.807, 2.05) is 83.3 Å². The molecule has 1 saturated heterocycles. The summed E-state index contributed by atoms with van der Waals surface area (Å²) >= 11 is 16.4. The van der Waals surface area contributed by atoms with E-state index in [1.54, 1.807) is 62.4 Å². The highest BCUT2D eigenvalue weighted by molar-refractivity contribution is 6.62. The first-order valence-electron chi connectivity index (χ1n) is 34.1. The minimum atomic E-state index is -0.548. The molecule has 2 aromatic carbocycles. The molecular weight excluding hydrogens is 1470 g/mol. The summed E-state index contributed by atoms with van der Waals surface area (Å²) in [6, 6.07) is 19.4. The maximum atomic E-state index is 13.3. The number of pyridine rings is 4. The first-order valence-corrected chi connectivity index (χ1v) is 35.3. The second-order valence-electron chi connectivity index (χ2n) is 28.1. The summed E-state index contributed by atoms with van der Waals surface area (Å²) in [5, 5.41) is 23.7. The average Bonchev–Trinajstić information content (AvgIpc) is 1.61. The third-order valence-corrected chi connectivity index (χ3v) is 18.1. The number of nitrogen functional groups attached to an aromatic ring is 1. The van der Waals surface area contributed by atoms with Crippen LogP contribution in [0.4, 0.5) is 52.1 Å². The van der Waals surface area contributed by atoms with Crippen LogP contribution in [0.1, 0.15) is 92.0 Å². The van der Waals surface area contributed by atoms with Crippen LogP contribution in [0, 0.1) is 34.9 Å². The molecule has 0 radical (unpaired) electrons. The SMILES string of the molecule is CC(C)(C)OC(=O)N1CCn2ncc(-c3ccc(F)cn3)c2C1.CC(C)(C)OC(=O)N1CCn2ncc(B3OC(C)(C)C(C)(C)O3)c2C1.Fc1ccc(-c2cnn3c2CNCC3)nc1.Fc1ccc(Cl)nc1.Nc1ccc(F)c(Cl)c1.O=C(Nc1ccc(F)c(Cl)c1)N1CCn2ncc(-c3ccc(F)cn3)c2C1. The summed E-state index contributed by atoms with van der Waals surface area (Å²) in [4.78, 5) is 57.9. The lowest BCUT2D eigenvalue weighted by molar-refractivity contribution is 0.00578. The Kier molecular flexibility index (Phi) is 25.6. The van der Waals surface area contributed by atoms with Gasteiger partial charge in [-0.05, 0) is 154 Å². The second-order valence-corrected chi connectivity index (χ2v) is 29.3. The van der Waals surface area contributed by atoms with Crippen LogP contribution in [0.3, 0.4) is 0 Å². The number of hydrogen-bond donors (Lipinski definition) is 3. The fourth-order valence-corrected chi connectivity index (χ4v) is 11.6.